The Morgan fingerprint density at radius 2 is 2.00 bits per heavy atom. The molecule has 0 bridgehead atoms. The molecule has 0 amide bonds. The summed E-state index contributed by atoms with van der Waals surface area (Å²) in [7, 11) is 0. The average Bonchev–Trinajstić information content (AvgIpc) is 2.94. The van der Waals surface area contributed by atoms with E-state index in [1.165, 1.54) is 25.8 Å². The largest absolute Gasteiger partial charge is 0.330 e. The molecule has 2 nitrogen and oxygen atoms in total. The van der Waals surface area contributed by atoms with E-state index in [2.05, 4.69) is 25.7 Å². The fourth-order valence-electron chi connectivity index (χ4n) is 1.87. The van der Waals surface area contributed by atoms with Crippen LogP contribution in [0.4, 0.5) is 0 Å². The topological polar surface area (TPSA) is 29.3 Å². The highest BCUT2D eigenvalue weighted by Gasteiger charge is 2.42. The van der Waals surface area contributed by atoms with Crippen LogP contribution in [0.15, 0.2) is 0 Å². The number of hydrogen-bond acceptors (Lipinski definition) is 2. The lowest BCUT2D eigenvalue weighted by Crippen LogP contribution is -2.39. The van der Waals surface area contributed by atoms with E-state index in [-0.39, 0.29) is 0 Å². The van der Waals surface area contributed by atoms with Crippen LogP contribution < -0.4 is 5.73 Å². The minimum absolute atomic E-state index is 0.499. The van der Waals surface area contributed by atoms with Crippen LogP contribution in [0, 0.1) is 5.41 Å². The third-order valence-corrected chi connectivity index (χ3v) is 3.55. The minimum Gasteiger partial charge on any atom is -0.330 e. The summed E-state index contributed by atoms with van der Waals surface area (Å²) in [5.74, 6) is 0. The van der Waals surface area contributed by atoms with Gasteiger partial charge in [0.05, 0.1) is 0 Å². The maximum atomic E-state index is 5.79. The van der Waals surface area contributed by atoms with Gasteiger partial charge in [0.15, 0.2) is 0 Å². The van der Waals surface area contributed by atoms with E-state index in [0.717, 1.165) is 13.1 Å². The van der Waals surface area contributed by atoms with E-state index in [4.69, 9.17) is 5.73 Å². The quantitative estimate of drug-likeness (QED) is 0.682. The van der Waals surface area contributed by atoms with Crippen molar-refractivity contribution in [3.8, 4) is 0 Å². The van der Waals surface area contributed by atoms with Crippen molar-refractivity contribution >= 4 is 0 Å². The summed E-state index contributed by atoms with van der Waals surface area (Å²) in [6.45, 7) is 10.1. The Kier molecular flexibility index (Phi) is 3.74. The normalized spacial score (nSPS) is 21.9. The average molecular weight is 184 g/mol. The molecule has 78 valence electrons. The molecule has 1 unspecified atom stereocenters. The first kappa shape index (κ1) is 11.0. The van der Waals surface area contributed by atoms with E-state index in [0.29, 0.717) is 11.5 Å². The third-order valence-electron chi connectivity index (χ3n) is 3.55. The molecule has 0 aliphatic heterocycles. The van der Waals surface area contributed by atoms with Crippen molar-refractivity contribution in [2.75, 3.05) is 19.6 Å². The molecule has 2 heteroatoms. The van der Waals surface area contributed by atoms with E-state index < -0.39 is 0 Å². The molecule has 1 atom stereocenters. The van der Waals surface area contributed by atoms with Crippen molar-refractivity contribution in [1.82, 2.24) is 4.90 Å². The summed E-state index contributed by atoms with van der Waals surface area (Å²) in [6.07, 6.45) is 3.93. The van der Waals surface area contributed by atoms with Crippen molar-refractivity contribution in [1.29, 1.82) is 0 Å². The Labute approximate surface area is 82.5 Å². The van der Waals surface area contributed by atoms with Crippen LogP contribution in [0.2, 0.25) is 0 Å². The van der Waals surface area contributed by atoms with Gasteiger partial charge >= 0.3 is 0 Å². The maximum Gasteiger partial charge on any atom is 0.00644 e. The van der Waals surface area contributed by atoms with Gasteiger partial charge in [-0.15, -0.1) is 0 Å². The van der Waals surface area contributed by atoms with Crippen LogP contribution in [0.5, 0.6) is 0 Å². The zero-order valence-electron chi connectivity index (χ0n) is 9.34. The molecule has 2 N–H and O–H groups in total. The Balaban J connectivity index is 2.39. The zero-order chi connectivity index (χ0) is 9.90. The molecule has 0 radical (unpaired) electrons. The van der Waals surface area contributed by atoms with Crippen molar-refractivity contribution in [3.63, 3.8) is 0 Å². The van der Waals surface area contributed by atoms with Gasteiger partial charge in [0, 0.05) is 12.6 Å². The second-order valence-corrected chi connectivity index (χ2v) is 4.52. The van der Waals surface area contributed by atoms with Gasteiger partial charge in [0.1, 0.15) is 0 Å². The first-order valence-corrected chi connectivity index (χ1v) is 5.61. The van der Waals surface area contributed by atoms with Gasteiger partial charge in [0.2, 0.25) is 0 Å². The van der Waals surface area contributed by atoms with Crippen LogP contribution in [0.1, 0.15) is 40.0 Å². The Hall–Kier alpha value is -0.0800. The predicted octanol–water partition coefficient (Wildman–Crippen LogP) is 1.85. The van der Waals surface area contributed by atoms with E-state index in [1.54, 1.807) is 0 Å². The van der Waals surface area contributed by atoms with Crippen molar-refractivity contribution in [3.05, 3.63) is 0 Å². The van der Waals surface area contributed by atoms with Crippen LogP contribution in [0.3, 0.4) is 0 Å². The maximum absolute atomic E-state index is 5.79. The predicted molar refractivity (Wildman–Crippen MR) is 57.7 cm³/mol. The molecule has 0 heterocycles. The molecule has 1 saturated carbocycles. The first-order chi connectivity index (χ1) is 6.17. The van der Waals surface area contributed by atoms with Gasteiger partial charge in [-0.1, -0.05) is 13.8 Å². The Bertz CT molecular complexity index is 152. The van der Waals surface area contributed by atoms with Gasteiger partial charge in [-0.25, -0.2) is 0 Å². The lowest BCUT2D eigenvalue weighted by molar-refractivity contribution is 0.174. The second kappa shape index (κ2) is 4.43. The van der Waals surface area contributed by atoms with Crippen LogP contribution in [-0.2, 0) is 0 Å². The number of nitrogens with two attached hydrogens (primary N) is 1. The lowest BCUT2D eigenvalue weighted by atomic mass is 10.1. The number of hydrogen-bond donors (Lipinski definition) is 1. The van der Waals surface area contributed by atoms with E-state index >= 15 is 0 Å². The van der Waals surface area contributed by atoms with E-state index in [1.807, 2.05) is 0 Å². The van der Waals surface area contributed by atoms with Gasteiger partial charge < -0.3 is 10.6 Å². The highest BCUT2D eigenvalue weighted by Crippen LogP contribution is 2.45. The Morgan fingerprint density at radius 3 is 2.31 bits per heavy atom. The van der Waals surface area contributed by atoms with Crippen molar-refractivity contribution in [2.24, 2.45) is 11.1 Å². The summed E-state index contributed by atoms with van der Waals surface area (Å²) in [4.78, 5) is 2.57. The summed E-state index contributed by atoms with van der Waals surface area (Å²) < 4.78 is 0. The highest BCUT2D eigenvalue weighted by molar-refractivity contribution is 4.96. The Morgan fingerprint density at radius 1 is 1.38 bits per heavy atom. The minimum atomic E-state index is 0.499. The van der Waals surface area contributed by atoms with Gasteiger partial charge in [-0.2, -0.15) is 0 Å². The van der Waals surface area contributed by atoms with Crippen LogP contribution in [-0.4, -0.2) is 30.6 Å². The smallest absolute Gasteiger partial charge is 0.00644 e. The summed E-state index contributed by atoms with van der Waals surface area (Å²) in [5.41, 5.74) is 6.29. The fraction of sp³-hybridized carbons (Fsp3) is 1.00. The van der Waals surface area contributed by atoms with E-state index in [9.17, 15) is 0 Å². The van der Waals surface area contributed by atoms with Gasteiger partial charge in [-0.05, 0) is 44.7 Å². The van der Waals surface area contributed by atoms with Gasteiger partial charge in [0.25, 0.3) is 0 Å². The molecule has 13 heavy (non-hydrogen) atoms. The second-order valence-electron chi connectivity index (χ2n) is 4.52. The van der Waals surface area contributed by atoms with Crippen molar-refractivity contribution < 1.29 is 0 Å². The molecular weight excluding hydrogens is 160 g/mol. The van der Waals surface area contributed by atoms with Crippen molar-refractivity contribution in [2.45, 2.75) is 46.1 Å². The van der Waals surface area contributed by atoms with Crippen LogP contribution in [0.25, 0.3) is 0 Å². The standard InChI is InChI=1S/C11H24N2/c1-4-10(3)13(5-2)9-11(8-12)6-7-11/h10H,4-9,12H2,1-3H3. The van der Waals surface area contributed by atoms with Gasteiger partial charge in [-0.3, -0.25) is 0 Å². The fourth-order valence-corrected chi connectivity index (χ4v) is 1.87. The molecular formula is C11H24N2. The number of rotatable bonds is 6. The molecule has 1 aliphatic carbocycles. The molecule has 1 rings (SSSR count). The molecule has 0 aromatic carbocycles. The first-order valence-electron chi connectivity index (χ1n) is 5.61. The third kappa shape index (κ3) is 2.68. The van der Waals surface area contributed by atoms with Crippen LogP contribution >= 0.6 is 0 Å². The zero-order valence-corrected chi connectivity index (χ0v) is 9.34. The number of nitrogens with zero attached hydrogens (tertiary/aromatic N) is 1. The molecule has 1 aliphatic rings. The molecule has 0 aromatic rings. The highest BCUT2D eigenvalue weighted by atomic mass is 15.2. The molecule has 0 saturated heterocycles. The molecule has 1 fully saturated rings. The summed E-state index contributed by atoms with van der Waals surface area (Å²) >= 11 is 0. The summed E-state index contributed by atoms with van der Waals surface area (Å²) in [6, 6.07) is 0.717. The SMILES string of the molecule is CCC(C)N(CC)CC1(CN)CC1. The molecule has 0 aromatic heterocycles. The monoisotopic (exact) mass is 184 g/mol. The molecule has 0 spiro atoms. The lowest BCUT2D eigenvalue weighted by Gasteiger charge is -2.30. The summed E-state index contributed by atoms with van der Waals surface area (Å²) in [5, 5.41) is 0.